The van der Waals surface area contributed by atoms with Gasteiger partial charge >= 0.3 is 6.09 Å². The molecule has 5 heteroatoms. The van der Waals surface area contributed by atoms with Crippen molar-refractivity contribution in [3.8, 4) is 17.2 Å². The zero-order valence-corrected chi connectivity index (χ0v) is 17.6. The van der Waals surface area contributed by atoms with Gasteiger partial charge < -0.3 is 10.1 Å². The standard InChI is InChI=1S/C26H21ClN2O2/c27-25-13-12-18(16-28)15-19(25)7-5-6-14-29-26(30)31-17-24-22-10-3-1-8-20(22)21-9-2-4-11-23(21)24/h1-5,7-13,15,24H,6,14,17H2,(H,29,30). The van der Waals surface area contributed by atoms with Crippen molar-refractivity contribution < 1.29 is 9.53 Å². The van der Waals surface area contributed by atoms with Crippen LogP contribution in [0.2, 0.25) is 5.02 Å². The smallest absolute Gasteiger partial charge is 0.407 e. The van der Waals surface area contributed by atoms with Gasteiger partial charge in [0.15, 0.2) is 0 Å². The minimum absolute atomic E-state index is 0.0487. The third-order valence-electron chi connectivity index (χ3n) is 5.35. The van der Waals surface area contributed by atoms with E-state index in [9.17, 15) is 4.79 Å². The van der Waals surface area contributed by atoms with Crippen molar-refractivity contribution >= 4 is 23.8 Å². The lowest BCUT2D eigenvalue weighted by molar-refractivity contribution is 0.143. The molecule has 154 valence electrons. The number of nitrogens with zero attached hydrogens (tertiary/aromatic N) is 1. The molecule has 0 spiro atoms. The van der Waals surface area contributed by atoms with Gasteiger partial charge in [0, 0.05) is 17.5 Å². The van der Waals surface area contributed by atoms with Gasteiger partial charge in [-0.15, -0.1) is 0 Å². The Kier molecular flexibility index (Phi) is 6.35. The molecule has 0 bridgehead atoms. The van der Waals surface area contributed by atoms with Gasteiger partial charge in [-0.05, 0) is 52.4 Å². The van der Waals surface area contributed by atoms with Crippen molar-refractivity contribution in [2.24, 2.45) is 0 Å². The molecule has 0 radical (unpaired) electrons. The summed E-state index contributed by atoms with van der Waals surface area (Å²) in [6.07, 6.45) is 3.95. The van der Waals surface area contributed by atoms with Gasteiger partial charge in [-0.3, -0.25) is 0 Å². The Morgan fingerprint density at radius 1 is 1.06 bits per heavy atom. The van der Waals surface area contributed by atoms with E-state index < -0.39 is 6.09 Å². The van der Waals surface area contributed by atoms with Gasteiger partial charge in [0.25, 0.3) is 0 Å². The van der Waals surface area contributed by atoms with Crippen LogP contribution in [0.25, 0.3) is 17.2 Å². The molecule has 3 aromatic carbocycles. The molecule has 0 unspecified atom stereocenters. The highest BCUT2D eigenvalue weighted by molar-refractivity contribution is 6.32. The fourth-order valence-corrected chi connectivity index (χ4v) is 4.04. The van der Waals surface area contributed by atoms with Crippen LogP contribution in [-0.2, 0) is 4.74 Å². The molecular weight excluding hydrogens is 408 g/mol. The third-order valence-corrected chi connectivity index (χ3v) is 5.69. The molecule has 1 aliphatic rings. The fourth-order valence-electron chi connectivity index (χ4n) is 3.86. The second kappa shape index (κ2) is 9.51. The number of carbonyl (C=O) groups is 1. The summed E-state index contributed by atoms with van der Waals surface area (Å²) in [7, 11) is 0. The number of hydrogen-bond acceptors (Lipinski definition) is 3. The van der Waals surface area contributed by atoms with E-state index in [0.717, 1.165) is 5.56 Å². The zero-order valence-electron chi connectivity index (χ0n) is 16.8. The van der Waals surface area contributed by atoms with Crippen LogP contribution < -0.4 is 5.32 Å². The van der Waals surface area contributed by atoms with Crippen LogP contribution in [-0.4, -0.2) is 19.2 Å². The van der Waals surface area contributed by atoms with E-state index in [2.05, 4.69) is 35.7 Å². The van der Waals surface area contributed by atoms with E-state index in [1.165, 1.54) is 22.3 Å². The maximum absolute atomic E-state index is 12.2. The Labute approximate surface area is 186 Å². The zero-order chi connectivity index (χ0) is 21.6. The Morgan fingerprint density at radius 3 is 2.42 bits per heavy atom. The normalized spacial score (nSPS) is 12.3. The molecule has 0 saturated carbocycles. The molecule has 4 rings (SSSR count). The van der Waals surface area contributed by atoms with E-state index in [0.29, 0.717) is 30.2 Å². The largest absolute Gasteiger partial charge is 0.449 e. The predicted octanol–water partition coefficient (Wildman–Crippen LogP) is 6.15. The van der Waals surface area contributed by atoms with Crippen molar-refractivity contribution in [3.63, 3.8) is 0 Å². The summed E-state index contributed by atoms with van der Waals surface area (Å²) in [5.74, 6) is 0.0487. The van der Waals surface area contributed by atoms with Crippen LogP contribution in [0.1, 0.15) is 34.6 Å². The van der Waals surface area contributed by atoms with Crippen molar-refractivity contribution in [1.29, 1.82) is 5.26 Å². The highest BCUT2D eigenvalue weighted by atomic mass is 35.5. The minimum atomic E-state index is -0.431. The van der Waals surface area contributed by atoms with E-state index in [1.54, 1.807) is 18.2 Å². The lowest BCUT2D eigenvalue weighted by Gasteiger charge is -2.14. The molecule has 0 atom stereocenters. The SMILES string of the molecule is N#Cc1ccc(Cl)c(C=CCCNC(=O)OCC2c3ccccc3-c3ccccc32)c1. The van der Waals surface area contributed by atoms with Gasteiger partial charge in [0.2, 0.25) is 0 Å². The first-order valence-corrected chi connectivity index (χ1v) is 10.5. The van der Waals surface area contributed by atoms with E-state index in [4.69, 9.17) is 21.6 Å². The number of fused-ring (bicyclic) bond motifs is 3. The first-order valence-electron chi connectivity index (χ1n) is 10.1. The molecule has 1 aliphatic carbocycles. The second-order valence-corrected chi connectivity index (χ2v) is 7.70. The monoisotopic (exact) mass is 428 g/mol. The summed E-state index contributed by atoms with van der Waals surface area (Å²) in [4.78, 5) is 12.2. The van der Waals surface area contributed by atoms with Crippen molar-refractivity contribution in [1.82, 2.24) is 5.32 Å². The molecule has 31 heavy (non-hydrogen) atoms. The number of amides is 1. The molecule has 0 heterocycles. The number of carbonyl (C=O) groups excluding carboxylic acids is 1. The maximum atomic E-state index is 12.2. The first kappa shape index (κ1) is 20.7. The van der Waals surface area contributed by atoms with Crippen LogP contribution in [0.15, 0.2) is 72.8 Å². The number of benzene rings is 3. The number of ether oxygens (including phenoxy) is 1. The van der Waals surface area contributed by atoms with Crippen molar-refractivity contribution in [2.45, 2.75) is 12.3 Å². The molecule has 0 saturated heterocycles. The fraction of sp³-hybridized carbons (Fsp3) is 0.154. The highest BCUT2D eigenvalue weighted by Crippen LogP contribution is 2.44. The Hall–Kier alpha value is -3.55. The second-order valence-electron chi connectivity index (χ2n) is 7.29. The summed E-state index contributed by atoms with van der Waals surface area (Å²) in [6, 6.07) is 23.7. The van der Waals surface area contributed by atoms with Crippen molar-refractivity contribution in [3.05, 3.63) is 100 Å². The summed E-state index contributed by atoms with van der Waals surface area (Å²) < 4.78 is 5.52. The van der Waals surface area contributed by atoms with Crippen molar-refractivity contribution in [2.75, 3.05) is 13.2 Å². The summed E-state index contributed by atoms with van der Waals surface area (Å²) in [5.41, 5.74) is 6.13. The summed E-state index contributed by atoms with van der Waals surface area (Å²) >= 11 is 6.14. The van der Waals surface area contributed by atoms with E-state index in [1.807, 2.05) is 36.4 Å². The quantitative estimate of drug-likeness (QED) is 0.478. The van der Waals surface area contributed by atoms with Gasteiger partial charge in [-0.25, -0.2) is 4.79 Å². The molecule has 0 fully saturated rings. The molecule has 0 aliphatic heterocycles. The lowest BCUT2D eigenvalue weighted by atomic mass is 9.98. The molecular formula is C26H21ClN2O2. The summed E-state index contributed by atoms with van der Waals surface area (Å²) in [6.45, 7) is 0.745. The summed E-state index contributed by atoms with van der Waals surface area (Å²) in [5, 5.41) is 12.3. The molecule has 4 nitrogen and oxygen atoms in total. The van der Waals surface area contributed by atoms with Crippen LogP contribution in [0, 0.1) is 11.3 Å². The number of halogens is 1. The molecule has 3 aromatic rings. The molecule has 1 N–H and O–H groups in total. The average molecular weight is 429 g/mol. The maximum Gasteiger partial charge on any atom is 0.407 e. The Morgan fingerprint density at radius 2 is 1.74 bits per heavy atom. The number of rotatable bonds is 6. The van der Waals surface area contributed by atoms with Gasteiger partial charge in [0.1, 0.15) is 6.61 Å². The Bertz CT molecular complexity index is 1130. The van der Waals surface area contributed by atoms with Crippen LogP contribution in [0.3, 0.4) is 0 Å². The van der Waals surface area contributed by atoms with Gasteiger partial charge in [-0.1, -0.05) is 72.3 Å². The molecule has 1 amide bonds. The van der Waals surface area contributed by atoms with Crippen LogP contribution >= 0.6 is 11.6 Å². The van der Waals surface area contributed by atoms with Gasteiger partial charge in [-0.2, -0.15) is 5.26 Å². The van der Waals surface area contributed by atoms with E-state index >= 15 is 0 Å². The van der Waals surface area contributed by atoms with Crippen LogP contribution in [0.5, 0.6) is 0 Å². The average Bonchev–Trinajstić information content (AvgIpc) is 3.12. The minimum Gasteiger partial charge on any atom is -0.449 e. The molecule has 0 aromatic heterocycles. The number of nitrogens with one attached hydrogen (secondary N) is 1. The highest BCUT2D eigenvalue weighted by Gasteiger charge is 2.28. The lowest BCUT2D eigenvalue weighted by Crippen LogP contribution is -2.26. The van der Waals surface area contributed by atoms with Crippen LogP contribution in [0.4, 0.5) is 4.79 Å². The number of alkyl carbamates (subject to hydrolysis) is 1. The first-order chi connectivity index (χ1) is 15.2. The number of nitriles is 1. The van der Waals surface area contributed by atoms with Gasteiger partial charge in [0.05, 0.1) is 11.6 Å². The van der Waals surface area contributed by atoms with E-state index in [-0.39, 0.29) is 5.92 Å². The predicted molar refractivity (Wildman–Crippen MR) is 123 cm³/mol. The third kappa shape index (κ3) is 4.63. The Balaban J connectivity index is 1.28. The number of hydrogen-bond donors (Lipinski definition) is 1. The topological polar surface area (TPSA) is 62.1 Å².